The van der Waals surface area contributed by atoms with Crippen LogP contribution in [-0.4, -0.2) is 30.1 Å². The number of rotatable bonds is 5. The van der Waals surface area contributed by atoms with E-state index in [2.05, 4.69) is 4.90 Å². The molecule has 1 heterocycles. The molecule has 0 spiro atoms. The zero-order valence-electron chi connectivity index (χ0n) is 13.8. The molecule has 2 aromatic rings. The van der Waals surface area contributed by atoms with Gasteiger partial charge in [-0.25, -0.2) is 0 Å². The Kier molecular flexibility index (Phi) is 4.66. The summed E-state index contributed by atoms with van der Waals surface area (Å²) in [7, 11) is 2.00. The minimum atomic E-state index is -0.364. The fourth-order valence-corrected chi connectivity index (χ4v) is 2.76. The summed E-state index contributed by atoms with van der Waals surface area (Å²) >= 11 is 0. The molecule has 0 N–H and O–H groups in total. The van der Waals surface area contributed by atoms with Gasteiger partial charge in [-0.2, -0.15) is 0 Å². The molecule has 0 amide bonds. The van der Waals surface area contributed by atoms with Crippen LogP contribution in [0.1, 0.15) is 24.1 Å². The quantitative estimate of drug-likeness (QED) is 0.620. The average molecular weight is 328 g/mol. The molecular formula is C18H20N2O4. The van der Waals surface area contributed by atoms with Gasteiger partial charge in [0.2, 0.25) is 0 Å². The van der Waals surface area contributed by atoms with Gasteiger partial charge in [-0.15, -0.1) is 0 Å². The molecule has 0 aliphatic carbocycles. The Morgan fingerprint density at radius 1 is 1.17 bits per heavy atom. The minimum absolute atomic E-state index is 0.0538. The van der Waals surface area contributed by atoms with Gasteiger partial charge in [0, 0.05) is 24.7 Å². The van der Waals surface area contributed by atoms with Crippen molar-refractivity contribution in [2.24, 2.45) is 0 Å². The van der Waals surface area contributed by atoms with E-state index in [1.54, 1.807) is 12.1 Å². The standard InChI is InChI=1S/C18H20N2O4/c1-13(15-4-3-5-16(11-15)20(21)22)19(2)12-14-6-7-17-18(10-14)24-9-8-23-17/h3-7,10-11,13H,8-9,12H2,1-2H3. The number of fused-ring (bicyclic) bond motifs is 1. The summed E-state index contributed by atoms with van der Waals surface area (Å²) in [5, 5.41) is 10.9. The molecular weight excluding hydrogens is 308 g/mol. The summed E-state index contributed by atoms with van der Waals surface area (Å²) in [5.41, 5.74) is 2.15. The summed E-state index contributed by atoms with van der Waals surface area (Å²) in [6.07, 6.45) is 0. The second kappa shape index (κ2) is 6.88. The third-order valence-corrected chi connectivity index (χ3v) is 4.26. The molecule has 1 unspecified atom stereocenters. The Morgan fingerprint density at radius 3 is 2.67 bits per heavy atom. The number of non-ortho nitro benzene ring substituents is 1. The Morgan fingerprint density at radius 2 is 1.92 bits per heavy atom. The van der Waals surface area contributed by atoms with Crippen molar-refractivity contribution >= 4 is 5.69 Å². The van der Waals surface area contributed by atoms with Crippen LogP contribution in [0.2, 0.25) is 0 Å². The van der Waals surface area contributed by atoms with E-state index in [1.165, 1.54) is 6.07 Å². The molecule has 0 fully saturated rings. The molecule has 0 radical (unpaired) electrons. The zero-order chi connectivity index (χ0) is 17.1. The van der Waals surface area contributed by atoms with E-state index in [9.17, 15) is 10.1 Å². The molecule has 2 aromatic carbocycles. The fourth-order valence-electron chi connectivity index (χ4n) is 2.76. The lowest BCUT2D eigenvalue weighted by molar-refractivity contribution is -0.384. The highest BCUT2D eigenvalue weighted by Gasteiger charge is 2.17. The van der Waals surface area contributed by atoms with Crippen LogP contribution in [0.3, 0.4) is 0 Å². The second-order valence-corrected chi connectivity index (χ2v) is 5.92. The number of hydrogen-bond acceptors (Lipinski definition) is 5. The van der Waals surface area contributed by atoms with Gasteiger partial charge >= 0.3 is 0 Å². The predicted molar refractivity (Wildman–Crippen MR) is 90.4 cm³/mol. The summed E-state index contributed by atoms with van der Waals surface area (Å²) < 4.78 is 11.1. The molecule has 0 bridgehead atoms. The third-order valence-electron chi connectivity index (χ3n) is 4.26. The monoisotopic (exact) mass is 328 g/mol. The normalized spacial score (nSPS) is 14.5. The van der Waals surface area contributed by atoms with E-state index >= 15 is 0 Å². The van der Waals surface area contributed by atoms with Crippen LogP contribution in [0, 0.1) is 10.1 Å². The molecule has 6 heteroatoms. The Bertz CT molecular complexity index is 748. The molecule has 1 aliphatic rings. The molecule has 0 aromatic heterocycles. The zero-order valence-corrected chi connectivity index (χ0v) is 13.8. The van der Waals surface area contributed by atoms with E-state index < -0.39 is 0 Å². The van der Waals surface area contributed by atoms with Crippen LogP contribution >= 0.6 is 0 Å². The van der Waals surface area contributed by atoms with Gasteiger partial charge in [0.25, 0.3) is 5.69 Å². The summed E-state index contributed by atoms with van der Waals surface area (Å²) in [6.45, 7) is 3.89. The first-order valence-electron chi connectivity index (χ1n) is 7.87. The van der Waals surface area contributed by atoms with Gasteiger partial charge in [-0.3, -0.25) is 15.0 Å². The van der Waals surface area contributed by atoms with Crippen LogP contribution in [0.25, 0.3) is 0 Å². The maximum atomic E-state index is 10.9. The molecule has 6 nitrogen and oxygen atoms in total. The maximum Gasteiger partial charge on any atom is 0.269 e. The largest absolute Gasteiger partial charge is 0.486 e. The first-order chi connectivity index (χ1) is 11.5. The first kappa shape index (κ1) is 16.3. The van der Waals surface area contributed by atoms with Crippen molar-refractivity contribution in [3.63, 3.8) is 0 Å². The summed E-state index contributed by atoms with van der Waals surface area (Å²) in [5.74, 6) is 1.55. The predicted octanol–water partition coefficient (Wildman–Crippen LogP) is 3.56. The van der Waals surface area contributed by atoms with Crippen molar-refractivity contribution in [1.29, 1.82) is 0 Å². The highest BCUT2D eigenvalue weighted by atomic mass is 16.6. The van der Waals surface area contributed by atoms with E-state index in [0.717, 1.165) is 22.6 Å². The number of hydrogen-bond donors (Lipinski definition) is 0. The molecule has 0 saturated carbocycles. The van der Waals surface area contributed by atoms with E-state index in [-0.39, 0.29) is 16.7 Å². The van der Waals surface area contributed by atoms with Crippen molar-refractivity contribution in [3.05, 3.63) is 63.7 Å². The van der Waals surface area contributed by atoms with Crippen molar-refractivity contribution in [3.8, 4) is 11.5 Å². The highest BCUT2D eigenvalue weighted by molar-refractivity contribution is 5.44. The van der Waals surface area contributed by atoms with Crippen molar-refractivity contribution in [1.82, 2.24) is 4.90 Å². The highest BCUT2D eigenvalue weighted by Crippen LogP contribution is 2.32. The number of nitro benzene ring substituents is 1. The number of ether oxygens (including phenoxy) is 2. The first-order valence-corrected chi connectivity index (χ1v) is 7.87. The summed E-state index contributed by atoms with van der Waals surface area (Å²) in [4.78, 5) is 12.7. The molecule has 126 valence electrons. The minimum Gasteiger partial charge on any atom is -0.486 e. The smallest absolute Gasteiger partial charge is 0.269 e. The number of nitro groups is 1. The summed E-state index contributed by atoms with van der Waals surface area (Å²) in [6, 6.07) is 12.8. The van der Waals surface area contributed by atoms with Gasteiger partial charge < -0.3 is 9.47 Å². The third kappa shape index (κ3) is 3.49. The van der Waals surface area contributed by atoms with E-state index in [4.69, 9.17) is 9.47 Å². The van der Waals surface area contributed by atoms with Crippen LogP contribution in [0.5, 0.6) is 11.5 Å². The Balaban J connectivity index is 1.73. The SMILES string of the molecule is CC(c1cccc([N+](=O)[O-])c1)N(C)Cc1ccc2c(c1)OCCO2. The topological polar surface area (TPSA) is 64.8 Å². The molecule has 24 heavy (non-hydrogen) atoms. The van der Waals surface area contributed by atoms with Gasteiger partial charge in [0.05, 0.1) is 4.92 Å². The molecule has 0 saturated heterocycles. The van der Waals surface area contributed by atoms with Crippen LogP contribution < -0.4 is 9.47 Å². The molecule has 1 atom stereocenters. The average Bonchev–Trinajstić information content (AvgIpc) is 2.61. The maximum absolute atomic E-state index is 10.9. The van der Waals surface area contributed by atoms with Crippen LogP contribution in [-0.2, 0) is 6.54 Å². The van der Waals surface area contributed by atoms with Gasteiger partial charge in [-0.05, 0) is 37.2 Å². The van der Waals surface area contributed by atoms with E-state index in [0.29, 0.717) is 19.8 Å². The van der Waals surface area contributed by atoms with Crippen LogP contribution in [0.4, 0.5) is 5.69 Å². The number of benzene rings is 2. The fraction of sp³-hybridized carbons (Fsp3) is 0.333. The van der Waals surface area contributed by atoms with E-state index in [1.807, 2.05) is 38.2 Å². The van der Waals surface area contributed by atoms with Crippen molar-refractivity contribution < 1.29 is 14.4 Å². The van der Waals surface area contributed by atoms with Gasteiger partial charge in [-0.1, -0.05) is 18.2 Å². The second-order valence-electron chi connectivity index (χ2n) is 5.92. The Hall–Kier alpha value is -2.60. The van der Waals surface area contributed by atoms with Gasteiger partial charge in [0.1, 0.15) is 13.2 Å². The van der Waals surface area contributed by atoms with Gasteiger partial charge in [0.15, 0.2) is 11.5 Å². The van der Waals surface area contributed by atoms with Crippen LogP contribution in [0.15, 0.2) is 42.5 Å². The number of nitrogens with zero attached hydrogens (tertiary/aromatic N) is 2. The van der Waals surface area contributed by atoms with Crippen molar-refractivity contribution in [2.75, 3.05) is 20.3 Å². The lowest BCUT2D eigenvalue weighted by atomic mass is 10.1. The Labute approximate surface area is 140 Å². The lowest BCUT2D eigenvalue weighted by Crippen LogP contribution is -2.22. The van der Waals surface area contributed by atoms with Crippen molar-refractivity contribution in [2.45, 2.75) is 19.5 Å². The molecule has 1 aliphatic heterocycles. The molecule has 3 rings (SSSR count). The lowest BCUT2D eigenvalue weighted by Gasteiger charge is -2.26.